The fraction of sp³-hybridized carbons (Fsp3) is 0.333. The zero-order valence-electron chi connectivity index (χ0n) is 14.8. The zero-order valence-corrected chi connectivity index (χ0v) is 15.8. The lowest BCUT2D eigenvalue weighted by molar-refractivity contribution is -0.146. The van der Waals surface area contributed by atoms with Gasteiger partial charge in [0.05, 0.1) is 19.8 Å². The van der Waals surface area contributed by atoms with Gasteiger partial charge in [0, 0.05) is 0 Å². The van der Waals surface area contributed by atoms with Gasteiger partial charge in [-0.05, 0) is 43.7 Å². The third-order valence-corrected chi connectivity index (χ3v) is 3.23. The van der Waals surface area contributed by atoms with E-state index in [1.165, 1.54) is 6.08 Å². The van der Waals surface area contributed by atoms with E-state index in [-0.39, 0.29) is 18.8 Å². The lowest BCUT2D eigenvalue weighted by Crippen LogP contribution is -2.18. The second kappa shape index (κ2) is 12.9. The van der Waals surface area contributed by atoms with Crippen molar-refractivity contribution in [3.8, 4) is 5.75 Å². The maximum atomic E-state index is 11.9. The molecule has 0 spiro atoms. The molecular weight excluding hydrogens is 356 g/mol. The molecule has 0 saturated carbocycles. The number of esters is 2. The lowest BCUT2D eigenvalue weighted by atomic mass is 10.1. The van der Waals surface area contributed by atoms with Gasteiger partial charge < -0.3 is 23.4 Å². The number of benzene rings is 1. The number of rotatable bonds is 11. The average molecular weight is 378 g/mol. The summed E-state index contributed by atoms with van der Waals surface area (Å²) in [7, 11) is -0.529. The Hall–Kier alpha value is -2.42. The highest BCUT2D eigenvalue weighted by Gasteiger charge is 2.20. The molecule has 0 saturated heterocycles. The highest BCUT2D eigenvalue weighted by molar-refractivity contribution is 6.17. The van der Waals surface area contributed by atoms with Crippen LogP contribution < -0.4 is 4.74 Å². The van der Waals surface area contributed by atoms with Gasteiger partial charge in [0.1, 0.15) is 17.9 Å². The lowest BCUT2D eigenvalue weighted by Gasteiger charge is -2.07. The van der Waals surface area contributed by atoms with Gasteiger partial charge in [-0.2, -0.15) is 0 Å². The topological polar surface area (TPSA) is 91.3 Å². The molecule has 0 atom stereocenters. The Balaban J connectivity index is 2.74. The van der Waals surface area contributed by atoms with Gasteiger partial charge in [-0.15, -0.1) is 0 Å². The van der Waals surface area contributed by atoms with E-state index in [1.807, 2.05) is 0 Å². The Morgan fingerprint density at radius 1 is 1.00 bits per heavy atom. The maximum Gasteiger partial charge on any atom is 0.430 e. The summed E-state index contributed by atoms with van der Waals surface area (Å²) in [5.74, 6) is -0.810. The van der Waals surface area contributed by atoms with Crippen LogP contribution in [0.2, 0.25) is 0 Å². The molecule has 0 aliphatic rings. The molecule has 7 nitrogen and oxygen atoms in total. The first-order chi connectivity index (χ1) is 12.6. The van der Waals surface area contributed by atoms with Crippen LogP contribution in [0.3, 0.4) is 0 Å². The van der Waals surface area contributed by atoms with E-state index in [4.69, 9.17) is 23.4 Å². The Bertz CT molecular complexity index is 603. The molecule has 0 heterocycles. The summed E-state index contributed by atoms with van der Waals surface area (Å²) in [5.41, 5.74) is 0.483. The first kappa shape index (κ1) is 21.6. The molecule has 140 valence electrons. The molecule has 1 N–H and O–H groups in total. The van der Waals surface area contributed by atoms with Crippen molar-refractivity contribution in [3.63, 3.8) is 0 Å². The third-order valence-electron chi connectivity index (χ3n) is 2.94. The molecule has 1 aromatic carbocycles. The smallest absolute Gasteiger partial charge is 0.430 e. The Labute approximate surface area is 155 Å². The van der Waals surface area contributed by atoms with E-state index in [0.29, 0.717) is 24.5 Å². The van der Waals surface area contributed by atoms with Crippen LogP contribution in [0.15, 0.2) is 42.0 Å². The minimum Gasteiger partial charge on any atom is -0.490 e. The Morgan fingerprint density at radius 2 is 1.58 bits per heavy atom. The quantitative estimate of drug-likeness (QED) is 0.119. The molecule has 0 bridgehead atoms. The number of hydrogen-bond donors (Lipinski definition) is 1. The second-order valence-corrected chi connectivity index (χ2v) is 5.22. The molecule has 26 heavy (non-hydrogen) atoms. The van der Waals surface area contributed by atoms with Crippen molar-refractivity contribution in [3.05, 3.63) is 47.6 Å². The molecule has 1 rings (SSSR count). The maximum absolute atomic E-state index is 11.9. The molecule has 0 unspecified atom stereocenters. The fourth-order valence-corrected chi connectivity index (χ4v) is 1.98. The van der Waals surface area contributed by atoms with Gasteiger partial charge in [-0.3, -0.25) is 0 Å². The third kappa shape index (κ3) is 8.10. The Morgan fingerprint density at radius 3 is 2.12 bits per heavy atom. The van der Waals surface area contributed by atoms with Gasteiger partial charge in [0.25, 0.3) is 0 Å². The van der Waals surface area contributed by atoms with Crippen LogP contribution in [-0.4, -0.2) is 53.2 Å². The van der Waals surface area contributed by atoms with Crippen LogP contribution in [0.1, 0.15) is 19.4 Å². The van der Waals surface area contributed by atoms with Crippen LogP contribution in [0.4, 0.5) is 0 Å². The summed E-state index contributed by atoms with van der Waals surface area (Å²) in [5, 5.41) is 0. The van der Waals surface area contributed by atoms with Gasteiger partial charge in [0.2, 0.25) is 0 Å². The number of carbonyl (C=O) groups is 2. The van der Waals surface area contributed by atoms with E-state index in [9.17, 15) is 9.59 Å². The van der Waals surface area contributed by atoms with Gasteiger partial charge in [0.15, 0.2) is 0 Å². The standard InChI is InChI=1S/C18H22O7Si/c1-3-22-17(19)16(18(20)23-4-2)13-14-7-9-15(10-8-14)24-11-5-6-12-25-26-21/h5-10,13,21H,3-4,11-12H2,1-2H3/b6-5+. The van der Waals surface area contributed by atoms with Crippen molar-refractivity contribution in [2.45, 2.75) is 13.8 Å². The molecule has 8 heteroatoms. The predicted octanol–water partition coefficient (Wildman–Crippen LogP) is 1.67. The first-order valence-corrected chi connectivity index (χ1v) is 8.92. The summed E-state index contributed by atoms with van der Waals surface area (Å²) in [4.78, 5) is 32.4. The number of ether oxygens (including phenoxy) is 3. The largest absolute Gasteiger partial charge is 0.490 e. The van der Waals surface area contributed by atoms with Gasteiger partial charge >= 0.3 is 21.9 Å². The van der Waals surface area contributed by atoms with Crippen LogP contribution in [0, 0.1) is 0 Å². The second-order valence-electron chi connectivity index (χ2n) is 4.75. The summed E-state index contributed by atoms with van der Waals surface area (Å²) >= 11 is 0. The minimum atomic E-state index is -0.720. The van der Waals surface area contributed by atoms with E-state index in [1.54, 1.807) is 50.3 Å². The fourth-order valence-electron chi connectivity index (χ4n) is 1.81. The van der Waals surface area contributed by atoms with Crippen LogP contribution in [0.5, 0.6) is 5.75 Å². The summed E-state index contributed by atoms with van der Waals surface area (Å²) in [6.45, 7) is 4.34. The van der Waals surface area contributed by atoms with Crippen molar-refractivity contribution >= 4 is 28.0 Å². The highest BCUT2D eigenvalue weighted by Crippen LogP contribution is 2.16. The van der Waals surface area contributed by atoms with Crippen LogP contribution in [0.25, 0.3) is 6.08 Å². The average Bonchev–Trinajstić information content (AvgIpc) is 2.64. The summed E-state index contributed by atoms with van der Waals surface area (Å²) in [6.07, 6.45) is 4.94. The van der Waals surface area contributed by atoms with E-state index in [2.05, 4.69) is 0 Å². The monoisotopic (exact) mass is 378 g/mol. The number of hydrogen-bond acceptors (Lipinski definition) is 7. The van der Waals surface area contributed by atoms with Gasteiger partial charge in [-0.25, -0.2) is 9.59 Å². The summed E-state index contributed by atoms with van der Waals surface area (Å²) in [6, 6.07) is 6.87. The van der Waals surface area contributed by atoms with Crippen molar-refractivity contribution in [1.82, 2.24) is 0 Å². The summed E-state index contributed by atoms with van der Waals surface area (Å²) < 4.78 is 20.1. The van der Waals surface area contributed by atoms with Crippen LogP contribution in [-0.2, 0) is 23.5 Å². The predicted molar refractivity (Wildman–Crippen MR) is 96.2 cm³/mol. The minimum absolute atomic E-state index is 0.158. The SMILES string of the molecule is CCOC(=O)C(=Cc1ccc(OC/C=C/CO[Si]O)cc1)C(=O)OCC. The Kier molecular flexibility index (Phi) is 10.7. The number of carbonyl (C=O) groups excluding carboxylic acids is 2. The van der Waals surface area contributed by atoms with E-state index in [0.717, 1.165) is 0 Å². The van der Waals surface area contributed by atoms with Crippen molar-refractivity contribution < 1.29 is 33.0 Å². The van der Waals surface area contributed by atoms with E-state index >= 15 is 0 Å². The van der Waals surface area contributed by atoms with E-state index < -0.39 is 21.9 Å². The van der Waals surface area contributed by atoms with Crippen LogP contribution >= 0.6 is 0 Å². The molecule has 0 aromatic heterocycles. The molecule has 0 aliphatic carbocycles. The normalized spacial score (nSPS) is 10.4. The molecule has 0 aliphatic heterocycles. The molecule has 2 radical (unpaired) electrons. The van der Waals surface area contributed by atoms with Crippen molar-refractivity contribution in [2.75, 3.05) is 26.4 Å². The van der Waals surface area contributed by atoms with Gasteiger partial charge in [-0.1, -0.05) is 18.2 Å². The van der Waals surface area contributed by atoms with Crippen molar-refractivity contribution in [1.29, 1.82) is 0 Å². The van der Waals surface area contributed by atoms with Crippen molar-refractivity contribution in [2.24, 2.45) is 0 Å². The first-order valence-electron chi connectivity index (χ1n) is 8.07. The molecule has 1 aromatic rings. The molecular formula is C18H22O7Si. The zero-order chi connectivity index (χ0) is 19.2. The molecule has 0 fully saturated rings. The molecule has 0 amide bonds. The highest BCUT2D eigenvalue weighted by atomic mass is 28.2.